The van der Waals surface area contributed by atoms with Crippen molar-refractivity contribution in [3.8, 4) is 0 Å². The molecule has 0 unspecified atom stereocenters. The Balaban J connectivity index is 1.62. The van der Waals surface area contributed by atoms with Gasteiger partial charge in [0.15, 0.2) is 5.16 Å². The topological polar surface area (TPSA) is 72.3 Å². The minimum Gasteiger partial charge on any atom is -0.379 e. The Kier molecular flexibility index (Phi) is 7.85. The number of hydrogen-bond donors (Lipinski definition) is 1. The number of ether oxygens (including phenoxy) is 1. The zero-order valence-electron chi connectivity index (χ0n) is 17.1. The maximum absolute atomic E-state index is 12.5. The first-order valence-corrected chi connectivity index (χ1v) is 10.9. The van der Waals surface area contributed by atoms with Crippen molar-refractivity contribution < 1.29 is 9.53 Å². The van der Waals surface area contributed by atoms with Crippen molar-refractivity contribution in [1.82, 2.24) is 19.7 Å². The van der Waals surface area contributed by atoms with Crippen molar-refractivity contribution in [3.63, 3.8) is 0 Å². The van der Waals surface area contributed by atoms with Gasteiger partial charge in [-0.25, -0.2) is 0 Å². The predicted octanol–water partition coefficient (Wildman–Crippen LogP) is 3.15. The zero-order chi connectivity index (χ0) is 20.6. The Hall–Kier alpha value is -2.16. The first kappa shape index (κ1) is 21.5. The third-order valence-electron chi connectivity index (χ3n) is 4.76. The molecule has 1 aromatic heterocycles. The van der Waals surface area contributed by atoms with Gasteiger partial charge in [-0.05, 0) is 17.5 Å². The molecule has 0 radical (unpaired) electrons. The van der Waals surface area contributed by atoms with E-state index in [0.717, 1.165) is 55.1 Å². The van der Waals surface area contributed by atoms with Crippen LogP contribution in [0.2, 0.25) is 0 Å². The van der Waals surface area contributed by atoms with Gasteiger partial charge in [0.05, 0.1) is 25.5 Å². The molecule has 2 aromatic rings. The van der Waals surface area contributed by atoms with Crippen LogP contribution in [0.3, 0.4) is 0 Å². The number of aromatic nitrogens is 3. The SMILES string of the molecule is C=CCn1c(CN2CCOCC2)nnc1SCC(=O)Nc1ccccc1C(C)C. The van der Waals surface area contributed by atoms with E-state index in [4.69, 9.17) is 4.74 Å². The molecule has 0 bridgehead atoms. The largest absolute Gasteiger partial charge is 0.379 e. The van der Waals surface area contributed by atoms with Crippen molar-refractivity contribution in [3.05, 3.63) is 48.3 Å². The summed E-state index contributed by atoms with van der Waals surface area (Å²) < 4.78 is 7.44. The molecule has 0 saturated carbocycles. The van der Waals surface area contributed by atoms with E-state index in [2.05, 4.69) is 40.8 Å². The summed E-state index contributed by atoms with van der Waals surface area (Å²) in [5.41, 5.74) is 2.00. The zero-order valence-corrected chi connectivity index (χ0v) is 18.0. The summed E-state index contributed by atoms with van der Waals surface area (Å²) in [6, 6.07) is 7.92. The van der Waals surface area contributed by atoms with Gasteiger partial charge < -0.3 is 14.6 Å². The molecule has 1 aromatic carbocycles. The van der Waals surface area contributed by atoms with Gasteiger partial charge in [0.2, 0.25) is 5.91 Å². The molecule has 8 heteroatoms. The molecular formula is C21H29N5O2S. The average molecular weight is 416 g/mol. The Morgan fingerprint density at radius 1 is 1.31 bits per heavy atom. The minimum atomic E-state index is -0.0500. The number of carbonyl (C=O) groups excluding carboxylic acids is 1. The van der Waals surface area contributed by atoms with Gasteiger partial charge in [0.1, 0.15) is 5.82 Å². The summed E-state index contributed by atoms with van der Waals surface area (Å²) in [6.07, 6.45) is 1.83. The monoisotopic (exact) mass is 415 g/mol. The lowest BCUT2D eigenvalue weighted by Gasteiger charge is -2.26. The van der Waals surface area contributed by atoms with Crippen molar-refractivity contribution in [2.45, 2.75) is 38.0 Å². The summed E-state index contributed by atoms with van der Waals surface area (Å²) in [4.78, 5) is 14.8. The van der Waals surface area contributed by atoms with Crippen LogP contribution in [-0.2, 0) is 22.6 Å². The summed E-state index contributed by atoms with van der Waals surface area (Å²) in [7, 11) is 0. The van der Waals surface area contributed by atoms with Crippen molar-refractivity contribution in [2.75, 3.05) is 37.4 Å². The second-order valence-corrected chi connectivity index (χ2v) is 8.21. The average Bonchev–Trinajstić information content (AvgIpc) is 3.09. The molecule has 1 fully saturated rings. The Morgan fingerprint density at radius 2 is 2.07 bits per heavy atom. The van der Waals surface area contributed by atoms with E-state index >= 15 is 0 Å². The van der Waals surface area contributed by atoms with Crippen LogP contribution in [0.5, 0.6) is 0 Å². The molecule has 1 aliphatic heterocycles. The first-order valence-electron chi connectivity index (χ1n) is 9.93. The number of para-hydroxylation sites is 1. The molecule has 2 heterocycles. The number of anilines is 1. The summed E-state index contributed by atoms with van der Waals surface area (Å²) >= 11 is 1.40. The fourth-order valence-electron chi connectivity index (χ4n) is 3.25. The number of rotatable bonds is 9. The van der Waals surface area contributed by atoms with E-state index < -0.39 is 0 Å². The fraction of sp³-hybridized carbons (Fsp3) is 0.476. The lowest BCUT2D eigenvalue weighted by molar-refractivity contribution is -0.113. The van der Waals surface area contributed by atoms with Gasteiger partial charge in [-0.3, -0.25) is 9.69 Å². The highest BCUT2D eigenvalue weighted by Crippen LogP contribution is 2.24. The maximum Gasteiger partial charge on any atom is 0.234 e. The smallest absolute Gasteiger partial charge is 0.234 e. The maximum atomic E-state index is 12.5. The van der Waals surface area contributed by atoms with Crippen LogP contribution in [-0.4, -0.2) is 57.6 Å². The van der Waals surface area contributed by atoms with Crippen LogP contribution in [0.1, 0.15) is 31.2 Å². The molecule has 1 N–H and O–H groups in total. The van der Waals surface area contributed by atoms with E-state index in [0.29, 0.717) is 12.5 Å². The molecule has 29 heavy (non-hydrogen) atoms. The number of thioether (sulfide) groups is 1. The number of morpholine rings is 1. The molecule has 1 saturated heterocycles. The van der Waals surface area contributed by atoms with Gasteiger partial charge in [-0.2, -0.15) is 0 Å². The number of nitrogens with zero attached hydrogens (tertiary/aromatic N) is 4. The predicted molar refractivity (Wildman–Crippen MR) is 116 cm³/mol. The van der Waals surface area contributed by atoms with Gasteiger partial charge in [-0.1, -0.05) is 49.9 Å². The second-order valence-electron chi connectivity index (χ2n) is 7.27. The highest BCUT2D eigenvalue weighted by Gasteiger charge is 2.18. The molecular weight excluding hydrogens is 386 g/mol. The highest BCUT2D eigenvalue weighted by atomic mass is 32.2. The molecule has 156 valence electrons. The number of carbonyl (C=O) groups is 1. The van der Waals surface area contributed by atoms with Crippen LogP contribution in [0.15, 0.2) is 42.1 Å². The normalized spacial score (nSPS) is 14.9. The summed E-state index contributed by atoms with van der Waals surface area (Å²) in [6.45, 7) is 12.7. The Bertz CT molecular complexity index is 830. The van der Waals surface area contributed by atoms with Gasteiger partial charge in [-0.15, -0.1) is 16.8 Å². The third kappa shape index (κ3) is 5.91. The Morgan fingerprint density at radius 3 is 2.79 bits per heavy atom. The fourth-order valence-corrected chi connectivity index (χ4v) is 4.01. The second kappa shape index (κ2) is 10.6. The van der Waals surface area contributed by atoms with Crippen LogP contribution < -0.4 is 5.32 Å². The van der Waals surface area contributed by atoms with E-state index in [9.17, 15) is 4.79 Å². The molecule has 0 atom stereocenters. The number of nitrogens with one attached hydrogen (secondary N) is 1. The standard InChI is InChI=1S/C21H29N5O2S/c1-4-9-26-19(14-25-10-12-28-13-11-25)23-24-21(26)29-15-20(27)22-18-8-6-5-7-17(18)16(2)3/h4-8,16H,1,9-15H2,2-3H3,(H,22,27). The third-order valence-corrected chi connectivity index (χ3v) is 5.73. The first-order chi connectivity index (χ1) is 14.1. The molecule has 3 rings (SSSR count). The molecule has 1 aliphatic rings. The number of hydrogen-bond acceptors (Lipinski definition) is 6. The van der Waals surface area contributed by atoms with E-state index in [-0.39, 0.29) is 11.7 Å². The van der Waals surface area contributed by atoms with Crippen LogP contribution >= 0.6 is 11.8 Å². The van der Waals surface area contributed by atoms with Gasteiger partial charge >= 0.3 is 0 Å². The van der Waals surface area contributed by atoms with E-state index in [1.807, 2.05) is 34.9 Å². The lowest BCUT2D eigenvalue weighted by atomic mass is 10.0. The van der Waals surface area contributed by atoms with Crippen LogP contribution in [0.4, 0.5) is 5.69 Å². The van der Waals surface area contributed by atoms with Crippen molar-refractivity contribution in [1.29, 1.82) is 0 Å². The molecule has 0 aliphatic carbocycles. The van der Waals surface area contributed by atoms with Crippen molar-refractivity contribution in [2.24, 2.45) is 0 Å². The molecule has 0 spiro atoms. The number of allylic oxidation sites excluding steroid dienone is 1. The van der Waals surface area contributed by atoms with Crippen molar-refractivity contribution >= 4 is 23.4 Å². The number of amides is 1. The van der Waals surface area contributed by atoms with Gasteiger partial charge in [0, 0.05) is 25.3 Å². The van der Waals surface area contributed by atoms with Crippen LogP contribution in [0, 0.1) is 0 Å². The quantitative estimate of drug-likeness (QED) is 0.501. The highest BCUT2D eigenvalue weighted by molar-refractivity contribution is 7.99. The van der Waals surface area contributed by atoms with E-state index in [1.165, 1.54) is 11.8 Å². The minimum absolute atomic E-state index is 0.0500. The van der Waals surface area contributed by atoms with Gasteiger partial charge in [0.25, 0.3) is 0 Å². The molecule has 1 amide bonds. The summed E-state index contributed by atoms with van der Waals surface area (Å²) in [5.74, 6) is 1.46. The summed E-state index contributed by atoms with van der Waals surface area (Å²) in [5, 5.41) is 12.4. The van der Waals surface area contributed by atoms with E-state index in [1.54, 1.807) is 0 Å². The van der Waals surface area contributed by atoms with Crippen LogP contribution in [0.25, 0.3) is 0 Å². The lowest BCUT2D eigenvalue weighted by Crippen LogP contribution is -2.36. The molecule has 7 nitrogen and oxygen atoms in total. The number of benzene rings is 1. The Labute approximate surface area is 176 Å².